The average molecular weight is 439 g/mol. The lowest BCUT2D eigenvalue weighted by Gasteiger charge is -2.11. The van der Waals surface area contributed by atoms with Crippen LogP contribution in [0.5, 0.6) is 0 Å². The summed E-state index contributed by atoms with van der Waals surface area (Å²) in [7, 11) is 0. The monoisotopic (exact) mass is 439 g/mol. The summed E-state index contributed by atoms with van der Waals surface area (Å²) in [6, 6.07) is 11.2. The topological polar surface area (TPSA) is 198 Å². The van der Waals surface area contributed by atoms with Crippen LogP contribution in [0.2, 0.25) is 0 Å². The smallest absolute Gasteiger partial charge is 0.335 e. The van der Waals surface area contributed by atoms with Crippen LogP contribution < -0.4 is 10.6 Å². The number of pyridine rings is 1. The first kappa shape index (κ1) is 21.6. The lowest BCUT2D eigenvalue weighted by atomic mass is 10.2. The SMILES string of the molecule is O=C(O)c1ccc(Nc2nc(Nc3ccc(C(=O)O)cc3)c([N+](=O)[O-])cc2[N+](=O)[O-])cc1. The number of hydrogen-bond acceptors (Lipinski definition) is 9. The van der Waals surface area contributed by atoms with Crippen molar-refractivity contribution in [1.29, 1.82) is 0 Å². The second kappa shape index (κ2) is 8.74. The van der Waals surface area contributed by atoms with Gasteiger partial charge in [0.2, 0.25) is 11.6 Å². The van der Waals surface area contributed by atoms with Crippen LogP contribution in [0.15, 0.2) is 54.6 Å². The molecule has 13 heteroatoms. The van der Waals surface area contributed by atoms with Gasteiger partial charge in [-0.25, -0.2) is 9.59 Å². The Bertz CT molecular complexity index is 1130. The quantitative estimate of drug-likeness (QED) is 0.294. The van der Waals surface area contributed by atoms with Gasteiger partial charge in [0.05, 0.1) is 21.0 Å². The van der Waals surface area contributed by atoms with E-state index in [1.54, 1.807) is 0 Å². The van der Waals surface area contributed by atoms with Crippen molar-refractivity contribution in [3.8, 4) is 0 Å². The Morgan fingerprint density at radius 1 is 0.719 bits per heavy atom. The summed E-state index contributed by atoms with van der Waals surface area (Å²) in [4.78, 5) is 47.1. The van der Waals surface area contributed by atoms with Gasteiger partial charge in [-0.1, -0.05) is 0 Å². The fraction of sp³-hybridized carbons (Fsp3) is 0. The van der Waals surface area contributed by atoms with E-state index in [0.717, 1.165) is 6.07 Å². The number of aromatic nitrogens is 1. The maximum atomic E-state index is 11.5. The molecule has 0 saturated heterocycles. The summed E-state index contributed by atoms with van der Waals surface area (Å²) in [6.07, 6.45) is 0. The van der Waals surface area contributed by atoms with Gasteiger partial charge in [-0.3, -0.25) is 20.2 Å². The Hall–Kier alpha value is -5.07. The molecule has 162 valence electrons. The van der Waals surface area contributed by atoms with E-state index in [4.69, 9.17) is 10.2 Å². The number of nitro groups is 2. The third kappa shape index (κ3) is 4.73. The molecule has 0 aliphatic heterocycles. The number of carboxylic acids is 2. The number of hydrogen-bond donors (Lipinski definition) is 4. The predicted octanol–water partition coefficient (Wildman–Crippen LogP) is 3.78. The molecule has 0 amide bonds. The Kier molecular flexibility index (Phi) is 5.91. The Labute approximate surface area is 178 Å². The molecule has 0 atom stereocenters. The molecule has 4 N–H and O–H groups in total. The maximum Gasteiger partial charge on any atom is 0.335 e. The van der Waals surface area contributed by atoms with Gasteiger partial charge in [0.1, 0.15) is 6.07 Å². The third-order valence-electron chi connectivity index (χ3n) is 4.16. The van der Waals surface area contributed by atoms with Crippen molar-refractivity contribution in [1.82, 2.24) is 4.98 Å². The van der Waals surface area contributed by atoms with Crippen LogP contribution in [0.1, 0.15) is 20.7 Å². The molecule has 3 rings (SSSR count). The largest absolute Gasteiger partial charge is 0.478 e. The molecule has 0 saturated carbocycles. The van der Waals surface area contributed by atoms with Gasteiger partial charge in [0.25, 0.3) is 0 Å². The van der Waals surface area contributed by atoms with E-state index >= 15 is 0 Å². The molecular weight excluding hydrogens is 426 g/mol. The Morgan fingerprint density at radius 3 is 1.34 bits per heavy atom. The molecule has 0 aliphatic rings. The van der Waals surface area contributed by atoms with E-state index < -0.39 is 33.2 Å². The Balaban J connectivity index is 2.02. The highest BCUT2D eigenvalue weighted by Crippen LogP contribution is 2.35. The molecule has 0 unspecified atom stereocenters. The van der Waals surface area contributed by atoms with Crippen molar-refractivity contribution < 1.29 is 29.6 Å². The molecule has 0 radical (unpaired) electrons. The molecular formula is C19H13N5O8. The van der Waals surface area contributed by atoms with Crippen LogP contribution in [-0.2, 0) is 0 Å². The van der Waals surface area contributed by atoms with Gasteiger partial charge in [-0.05, 0) is 48.5 Å². The van der Waals surface area contributed by atoms with Crippen molar-refractivity contribution in [2.75, 3.05) is 10.6 Å². The highest BCUT2D eigenvalue weighted by molar-refractivity contribution is 5.89. The van der Waals surface area contributed by atoms with E-state index in [2.05, 4.69) is 15.6 Å². The minimum atomic E-state index is -1.16. The van der Waals surface area contributed by atoms with E-state index in [-0.39, 0.29) is 34.1 Å². The van der Waals surface area contributed by atoms with Gasteiger partial charge in [0, 0.05) is 11.4 Å². The minimum absolute atomic E-state index is 0.00567. The minimum Gasteiger partial charge on any atom is -0.478 e. The first-order chi connectivity index (χ1) is 15.2. The molecule has 0 bridgehead atoms. The first-order valence-corrected chi connectivity index (χ1v) is 8.70. The summed E-state index contributed by atoms with van der Waals surface area (Å²) in [6.45, 7) is 0. The summed E-state index contributed by atoms with van der Waals surface area (Å²) < 4.78 is 0. The second-order valence-electron chi connectivity index (χ2n) is 6.25. The van der Waals surface area contributed by atoms with Gasteiger partial charge in [-0.2, -0.15) is 4.98 Å². The fourth-order valence-corrected chi connectivity index (χ4v) is 2.62. The molecule has 0 spiro atoms. The maximum absolute atomic E-state index is 11.5. The van der Waals surface area contributed by atoms with Gasteiger partial charge in [0.15, 0.2) is 0 Å². The lowest BCUT2D eigenvalue weighted by Crippen LogP contribution is -2.06. The molecule has 13 nitrogen and oxygen atoms in total. The Morgan fingerprint density at radius 2 is 1.06 bits per heavy atom. The van der Waals surface area contributed by atoms with Gasteiger partial charge < -0.3 is 20.8 Å². The zero-order chi connectivity index (χ0) is 23.4. The number of benzene rings is 2. The predicted molar refractivity (Wildman–Crippen MR) is 111 cm³/mol. The zero-order valence-electron chi connectivity index (χ0n) is 15.9. The molecule has 0 aliphatic carbocycles. The van der Waals surface area contributed by atoms with E-state index in [9.17, 15) is 29.8 Å². The zero-order valence-corrected chi connectivity index (χ0v) is 15.9. The molecule has 1 heterocycles. The van der Waals surface area contributed by atoms with Gasteiger partial charge >= 0.3 is 23.3 Å². The highest BCUT2D eigenvalue weighted by Gasteiger charge is 2.27. The van der Waals surface area contributed by atoms with Crippen molar-refractivity contribution in [2.45, 2.75) is 0 Å². The van der Waals surface area contributed by atoms with E-state index in [1.807, 2.05) is 0 Å². The van der Waals surface area contributed by atoms with Crippen LogP contribution in [0.25, 0.3) is 0 Å². The van der Waals surface area contributed by atoms with Crippen LogP contribution in [0, 0.1) is 20.2 Å². The lowest BCUT2D eigenvalue weighted by molar-refractivity contribution is -0.393. The fourth-order valence-electron chi connectivity index (χ4n) is 2.62. The molecule has 32 heavy (non-hydrogen) atoms. The van der Waals surface area contributed by atoms with E-state index in [1.165, 1.54) is 48.5 Å². The molecule has 0 fully saturated rings. The summed E-state index contributed by atoms with van der Waals surface area (Å²) in [5, 5.41) is 46.1. The summed E-state index contributed by atoms with van der Waals surface area (Å²) in [5.74, 6) is -2.96. The normalized spacial score (nSPS) is 10.2. The first-order valence-electron chi connectivity index (χ1n) is 8.70. The molecule has 2 aromatic carbocycles. The second-order valence-corrected chi connectivity index (χ2v) is 6.25. The summed E-state index contributed by atoms with van der Waals surface area (Å²) >= 11 is 0. The number of anilines is 4. The average Bonchev–Trinajstić information content (AvgIpc) is 2.74. The van der Waals surface area contributed by atoms with Crippen molar-refractivity contribution in [3.63, 3.8) is 0 Å². The summed E-state index contributed by atoms with van der Waals surface area (Å²) in [5.41, 5.74) is -0.841. The molecule has 1 aromatic heterocycles. The standard InChI is InChI=1S/C19H13N5O8/c25-18(26)10-1-5-12(6-2-10)20-16-14(23(29)30)9-15(24(31)32)17(22-16)21-13-7-3-11(4-8-13)19(27)28/h1-9H,(H,25,26)(H,27,28)(H2,20,21,22). The number of rotatable bonds is 8. The number of carboxylic acid groups (broad SMARTS) is 2. The van der Waals surface area contributed by atoms with Gasteiger partial charge in [-0.15, -0.1) is 0 Å². The van der Waals surface area contributed by atoms with Crippen LogP contribution >= 0.6 is 0 Å². The number of aromatic carboxylic acids is 2. The van der Waals surface area contributed by atoms with Crippen molar-refractivity contribution in [3.05, 3.63) is 86.0 Å². The van der Waals surface area contributed by atoms with E-state index in [0.29, 0.717) is 0 Å². The van der Waals surface area contributed by atoms with Crippen molar-refractivity contribution in [2.24, 2.45) is 0 Å². The van der Waals surface area contributed by atoms with Crippen LogP contribution in [-0.4, -0.2) is 37.0 Å². The van der Waals surface area contributed by atoms with Crippen molar-refractivity contribution >= 4 is 46.3 Å². The highest BCUT2D eigenvalue weighted by atomic mass is 16.6. The third-order valence-corrected chi connectivity index (χ3v) is 4.16. The number of carbonyl (C=O) groups is 2. The van der Waals surface area contributed by atoms with Crippen LogP contribution in [0.3, 0.4) is 0 Å². The number of nitrogens with one attached hydrogen (secondary N) is 2. The van der Waals surface area contributed by atoms with Crippen LogP contribution in [0.4, 0.5) is 34.4 Å². The number of nitrogens with zero attached hydrogens (tertiary/aromatic N) is 3. The molecule has 3 aromatic rings.